The Morgan fingerprint density at radius 1 is 1.45 bits per heavy atom. The van der Waals surface area contributed by atoms with Crippen molar-refractivity contribution in [3.8, 4) is 0 Å². The van der Waals surface area contributed by atoms with Gasteiger partial charge in [-0.25, -0.2) is 9.78 Å². The second-order valence-electron chi connectivity index (χ2n) is 4.93. The molecule has 1 atom stereocenters. The summed E-state index contributed by atoms with van der Waals surface area (Å²) in [5.41, 5.74) is 0.659. The van der Waals surface area contributed by atoms with Gasteiger partial charge in [0.2, 0.25) is 0 Å². The molecular weight excluding hydrogens is 276 g/mol. The van der Waals surface area contributed by atoms with Crippen molar-refractivity contribution in [3.63, 3.8) is 0 Å². The van der Waals surface area contributed by atoms with Gasteiger partial charge in [0.15, 0.2) is 0 Å². The monoisotopic (exact) mass is 294 g/mol. The van der Waals surface area contributed by atoms with Gasteiger partial charge < -0.3 is 5.11 Å². The van der Waals surface area contributed by atoms with Gasteiger partial charge in [-0.2, -0.15) is 0 Å². The van der Waals surface area contributed by atoms with E-state index in [1.807, 2.05) is 20.8 Å². The van der Waals surface area contributed by atoms with Gasteiger partial charge in [0, 0.05) is 11.3 Å². The Balaban J connectivity index is 2.85. The van der Waals surface area contributed by atoms with Crippen LogP contribution < -0.4 is 5.56 Å². The molecule has 1 unspecified atom stereocenters. The van der Waals surface area contributed by atoms with E-state index in [0.717, 1.165) is 16.9 Å². The van der Waals surface area contributed by atoms with Crippen molar-refractivity contribution in [3.05, 3.63) is 26.6 Å². The van der Waals surface area contributed by atoms with E-state index in [0.29, 0.717) is 22.5 Å². The van der Waals surface area contributed by atoms with Crippen molar-refractivity contribution in [2.45, 2.75) is 46.6 Å². The summed E-state index contributed by atoms with van der Waals surface area (Å²) in [6, 6.07) is -0.902. The maximum atomic E-state index is 12.7. The van der Waals surface area contributed by atoms with Crippen molar-refractivity contribution in [2.75, 3.05) is 0 Å². The summed E-state index contributed by atoms with van der Waals surface area (Å²) in [6.07, 6.45) is 1.41. The zero-order chi connectivity index (χ0) is 15.0. The molecule has 0 aliphatic rings. The van der Waals surface area contributed by atoms with Gasteiger partial charge in [0.25, 0.3) is 5.56 Å². The highest BCUT2D eigenvalue weighted by molar-refractivity contribution is 7.18. The minimum absolute atomic E-state index is 0.241. The molecule has 2 heterocycles. The van der Waals surface area contributed by atoms with Crippen LogP contribution in [-0.2, 0) is 11.2 Å². The predicted octanol–water partition coefficient (Wildman–Crippen LogP) is 2.67. The van der Waals surface area contributed by atoms with Crippen LogP contribution in [0.2, 0.25) is 0 Å². The second-order valence-corrected chi connectivity index (χ2v) is 6.13. The van der Waals surface area contributed by atoms with Gasteiger partial charge in [-0.05, 0) is 32.8 Å². The Bertz CT molecular complexity index is 730. The second kappa shape index (κ2) is 5.36. The molecule has 5 nitrogen and oxygen atoms in total. The van der Waals surface area contributed by atoms with Gasteiger partial charge in [0.05, 0.1) is 5.39 Å². The standard InChI is InChI=1S/C14H18N2O3S/c1-5-6-10-15-12-11(7(2)9(4)20-12)13(17)16(10)8(3)14(18)19/h8H,5-6H2,1-4H3,(H,18,19). The topological polar surface area (TPSA) is 72.2 Å². The smallest absolute Gasteiger partial charge is 0.326 e. The van der Waals surface area contributed by atoms with Crippen LogP contribution in [0.15, 0.2) is 4.79 Å². The van der Waals surface area contributed by atoms with E-state index in [1.165, 1.54) is 22.8 Å². The summed E-state index contributed by atoms with van der Waals surface area (Å²) in [6.45, 7) is 7.33. The Morgan fingerprint density at radius 3 is 2.65 bits per heavy atom. The zero-order valence-electron chi connectivity index (χ0n) is 12.1. The van der Waals surface area contributed by atoms with E-state index < -0.39 is 12.0 Å². The first-order valence-corrected chi connectivity index (χ1v) is 7.44. The molecule has 0 fully saturated rings. The number of carbonyl (C=O) groups is 1. The van der Waals surface area contributed by atoms with Crippen LogP contribution in [0, 0.1) is 13.8 Å². The van der Waals surface area contributed by atoms with Crippen LogP contribution in [-0.4, -0.2) is 20.6 Å². The highest BCUT2D eigenvalue weighted by Gasteiger charge is 2.22. The molecule has 20 heavy (non-hydrogen) atoms. The maximum Gasteiger partial charge on any atom is 0.326 e. The van der Waals surface area contributed by atoms with Crippen LogP contribution in [0.4, 0.5) is 0 Å². The molecule has 0 spiro atoms. The minimum atomic E-state index is -1.02. The van der Waals surface area contributed by atoms with E-state index in [2.05, 4.69) is 4.98 Å². The molecule has 0 radical (unpaired) electrons. The Kier molecular flexibility index (Phi) is 3.94. The number of carboxylic acids is 1. The Morgan fingerprint density at radius 2 is 2.10 bits per heavy atom. The number of rotatable bonds is 4. The van der Waals surface area contributed by atoms with Gasteiger partial charge in [-0.1, -0.05) is 6.92 Å². The summed E-state index contributed by atoms with van der Waals surface area (Å²) in [5, 5.41) is 9.77. The van der Waals surface area contributed by atoms with Crippen molar-refractivity contribution in [1.29, 1.82) is 0 Å². The summed E-state index contributed by atoms with van der Waals surface area (Å²) in [5.74, 6) is -0.462. The third-order valence-electron chi connectivity index (χ3n) is 3.53. The Hall–Kier alpha value is -1.69. The largest absolute Gasteiger partial charge is 0.480 e. The summed E-state index contributed by atoms with van der Waals surface area (Å²) < 4.78 is 1.33. The fraction of sp³-hybridized carbons (Fsp3) is 0.500. The average molecular weight is 294 g/mol. The molecule has 2 aromatic heterocycles. The average Bonchev–Trinajstić information content (AvgIpc) is 2.65. The highest BCUT2D eigenvalue weighted by Crippen LogP contribution is 2.27. The van der Waals surface area contributed by atoms with Crippen molar-refractivity contribution in [1.82, 2.24) is 9.55 Å². The lowest BCUT2D eigenvalue weighted by Crippen LogP contribution is -2.31. The SMILES string of the molecule is CCCc1nc2sc(C)c(C)c2c(=O)n1C(C)C(=O)O. The Labute approximate surface area is 120 Å². The number of aliphatic carboxylic acids is 1. The van der Waals surface area contributed by atoms with Crippen molar-refractivity contribution < 1.29 is 9.90 Å². The molecule has 2 aromatic rings. The first kappa shape index (κ1) is 14.7. The lowest BCUT2D eigenvalue weighted by Gasteiger charge is -2.15. The fourth-order valence-electron chi connectivity index (χ4n) is 2.26. The number of thiophene rings is 1. The van der Waals surface area contributed by atoms with Crippen LogP contribution in [0.1, 0.15) is 42.6 Å². The predicted molar refractivity (Wildman–Crippen MR) is 79.7 cm³/mol. The molecule has 0 saturated heterocycles. The van der Waals surface area contributed by atoms with Gasteiger partial charge in [0.1, 0.15) is 16.7 Å². The summed E-state index contributed by atoms with van der Waals surface area (Å²) >= 11 is 1.49. The highest BCUT2D eigenvalue weighted by atomic mass is 32.1. The third kappa shape index (κ3) is 2.24. The van der Waals surface area contributed by atoms with Crippen molar-refractivity contribution >= 4 is 27.5 Å². The molecule has 2 rings (SSSR count). The number of aromatic nitrogens is 2. The number of nitrogens with zero attached hydrogens (tertiary/aromatic N) is 2. The first-order chi connectivity index (χ1) is 9.38. The third-order valence-corrected chi connectivity index (χ3v) is 4.63. The summed E-state index contributed by atoms with van der Waals surface area (Å²) in [4.78, 5) is 30.2. The number of hydrogen-bond donors (Lipinski definition) is 1. The van der Waals surface area contributed by atoms with Gasteiger partial charge >= 0.3 is 5.97 Å². The molecule has 1 N–H and O–H groups in total. The van der Waals surface area contributed by atoms with E-state index in [4.69, 9.17) is 0 Å². The fourth-order valence-corrected chi connectivity index (χ4v) is 3.30. The molecule has 0 aromatic carbocycles. The molecule has 6 heteroatoms. The molecule has 0 aliphatic carbocycles. The number of aryl methyl sites for hydroxylation is 3. The van der Waals surface area contributed by atoms with Gasteiger partial charge in [-0.15, -0.1) is 11.3 Å². The van der Waals surface area contributed by atoms with Crippen LogP contribution in [0.25, 0.3) is 10.2 Å². The summed E-state index contributed by atoms with van der Waals surface area (Å²) in [7, 11) is 0. The van der Waals surface area contributed by atoms with E-state index in [-0.39, 0.29) is 5.56 Å². The molecule has 0 aliphatic heterocycles. The van der Waals surface area contributed by atoms with E-state index in [1.54, 1.807) is 0 Å². The van der Waals surface area contributed by atoms with E-state index >= 15 is 0 Å². The zero-order valence-corrected chi connectivity index (χ0v) is 12.9. The minimum Gasteiger partial charge on any atom is -0.480 e. The normalized spacial score (nSPS) is 12.8. The number of carboxylic acid groups (broad SMARTS) is 1. The lowest BCUT2D eigenvalue weighted by atomic mass is 10.2. The first-order valence-electron chi connectivity index (χ1n) is 6.62. The van der Waals surface area contributed by atoms with Crippen LogP contribution in [0.5, 0.6) is 0 Å². The van der Waals surface area contributed by atoms with Crippen LogP contribution in [0.3, 0.4) is 0 Å². The molecule has 0 amide bonds. The van der Waals surface area contributed by atoms with Gasteiger partial charge in [-0.3, -0.25) is 9.36 Å². The number of hydrogen-bond acceptors (Lipinski definition) is 4. The van der Waals surface area contributed by atoms with Crippen LogP contribution >= 0.6 is 11.3 Å². The maximum absolute atomic E-state index is 12.7. The quantitative estimate of drug-likeness (QED) is 0.941. The lowest BCUT2D eigenvalue weighted by molar-refractivity contribution is -0.140. The molecular formula is C14H18N2O3S. The van der Waals surface area contributed by atoms with E-state index in [9.17, 15) is 14.7 Å². The van der Waals surface area contributed by atoms with Crippen molar-refractivity contribution in [2.24, 2.45) is 0 Å². The number of fused-ring (bicyclic) bond motifs is 1. The molecule has 108 valence electrons. The molecule has 0 saturated carbocycles. The molecule has 0 bridgehead atoms.